The van der Waals surface area contributed by atoms with E-state index < -0.39 is 25.0 Å². The minimum Gasteiger partial charge on any atom is -0.482 e. The maximum Gasteiger partial charge on any atom is 0.265 e. The summed E-state index contributed by atoms with van der Waals surface area (Å²) in [5, 5.41) is 13.6. The highest BCUT2D eigenvalue weighted by Crippen LogP contribution is 2.28. The van der Waals surface area contributed by atoms with Crippen molar-refractivity contribution < 1.29 is 28.2 Å². The number of hydrogen-bond donors (Lipinski definition) is 3. The summed E-state index contributed by atoms with van der Waals surface area (Å²) < 4.78 is 29.3. The summed E-state index contributed by atoms with van der Waals surface area (Å²) in [5.74, 6) is -0.589. The fourth-order valence-corrected chi connectivity index (χ4v) is 1.60. The van der Waals surface area contributed by atoms with E-state index in [9.17, 15) is 18.4 Å². The van der Waals surface area contributed by atoms with Crippen LogP contribution in [0.1, 0.15) is 10.4 Å². The number of fused-ring (bicyclic) bond motifs is 1. The lowest BCUT2D eigenvalue weighted by molar-refractivity contribution is -0.118. The van der Waals surface area contributed by atoms with E-state index in [4.69, 9.17) is 9.84 Å². The summed E-state index contributed by atoms with van der Waals surface area (Å²) >= 11 is 0. The highest BCUT2D eigenvalue weighted by Gasteiger charge is 2.20. The molecule has 0 bridgehead atoms. The minimum absolute atomic E-state index is 0.151. The number of carbonyl (C=O) groups is 2. The molecule has 20 heavy (non-hydrogen) atoms. The molecule has 2 amide bonds. The molecule has 0 radical (unpaired) electrons. The lowest BCUT2D eigenvalue weighted by atomic mass is 10.1. The molecule has 0 saturated carbocycles. The smallest absolute Gasteiger partial charge is 0.265 e. The van der Waals surface area contributed by atoms with Gasteiger partial charge in [-0.2, -0.15) is 0 Å². The van der Waals surface area contributed by atoms with Crippen molar-refractivity contribution in [3.63, 3.8) is 0 Å². The van der Waals surface area contributed by atoms with E-state index in [2.05, 4.69) is 10.6 Å². The molecule has 1 aromatic carbocycles. The van der Waals surface area contributed by atoms with Gasteiger partial charge in [-0.25, -0.2) is 8.78 Å². The van der Waals surface area contributed by atoms with Gasteiger partial charge in [-0.3, -0.25) is 9.59 Å². The van der Waals surface area contributed by atoms with Gasteiger partial charge < -0.3 is 20.5 Å². The number of nitrogens with one attached hydrogen (secondary N) is 2. The van der Waals surface area contributed by atoms with Crippen LogP contribution in [-0.2, 0) is 4.79 Å². The number of carbonyl (C=O) groups excluding carboxylic acids is 2. The number of aliphatic hydroxyl groups excluding tert-OH is 1. The van der Waals surface area contributed by atoms with Crippen LogP contribution in [0.4, 0.5) is 14.5 Å². The zero-order valence-corrected chi connectivity index (χ0v) is 10.2. The zero-order valence-electron chi connectivity index (χ0n) is 10.2. The van der Waals surface area contributed by atoms with Crippen LogP contribution < -0.4 is 15.4 Å². The second-order valence-corrected chi connectivity index (χ2v) is 4.16. The topological polar surface area (TPSA) is 87.7 Å². The summed E-state index contributed by atoms with van der Waals surface area (Å²) in [5.41, 5.74) is 0.617. The fraction of sp³-hybridized carbons (Fsp3) is 0.333. The van der Waals surface area contributed by atoms with Crippen molar-refractivity contribution >= 4 is 17.5 Å². The molecule has 3 N–H and O–H groups in total. The third-order valence-corrected chi connectivity index (χ3v) is 2.64. The molecule has 1 heterocycles. The lowest BCUT2D eigenvalue weighted by Gasteiger charge is -2.18. The Balaban J connectivity index is 2.02. The first kappa shape index (κ1) is 14.2. The Morgan fingerprint density at radius 1 is 1.50 bits per heavy atom. The molecule has 0 aliphatic carbocycles. The molecule has 108 valence electrons. The van der Waals surface area contributed by atoms with E-state index in [-0.39, 0.29) is 18.1 Å². The molecule has 6 nitrogen and oxygen atoms in total. The van der Waals surface area contributed by atoms with Crippen molar-refractivity contribution in [3.05, 3.63) is 23.8 Å². The van der Waals surface area contributed by atoms with Gasteiger partial charge in [0.1, 0.15) is 11.9 Å². The molecule has 2 rings (SSSR count). The van der Waals surface area contributed by atoms with Crippen molar-refractivity contribution in [1.82, 2.24) is 5.32 Å². The van der Waals surface area contributed by atoms with Crippen LogP contribution in [-0.4, -0.2) is 42.6 Å². The number of rotatable bonds is 4. The van der Waals surface area contributed by atoms with E-state index in [0.717, 1.165) is 0 Å². The Kier molecular flexibility index (Phi) is 4.14. The quantitative estimate of drug-likeness (QED) is 0.746. The van der Waals surface area contributed by atoms with E-state index in [0.29, 0.717) is 11.4 Å². The van der Waals surface area contributed by atoms with Crippen LogP contribution >= 0.6 is 0 Å². The van der Waals surface area contributed by atoms with Gasteiger partial charge in [-0.15, -0.1) is 0 Å². The van der Waals surface area contributed by atoms with E-state index in [1.807, 2.05) is 0 Å². The first-order chi connectivity index (χ1) is 9.47. The molecule has 0 spiro atoms. The molecule has 1 atom stereocenters. The molecule has 0 saturated heterocycles. The van der Waals surface area contributed by atoms with Crippen molar-refractivity contribution in [3.8, 4) is 5.75 Å². The number of amides is 2. The molecule has 1 aliphatic rings. The van der Waals surface area contributed by atoms with Gasteiger partial charge in [-0.1, -0.05) is 0 Å². The standard InChI is InChI=1S/C12H12F2N2O4/c13-11(14)8(17)4-15-12(19)6-1-2-7-9(3-6)20-5-10(18)16-7/h1-3,8,11,17H,4-5H2,(H,15,19)(H,16,18). The summed E-state index contributed by atoms with van der Waals surface area (Å²) in [6.45, 7) is -0.701. The van der Waals surface area contributed by atoms with E-state index in [1.165, 1.54) is 18.2 Å². The SMILES string of the molecule is O=C1COc2cc(C(=O)NCC(O)C(F)F)ccc2N1. The highest BCUT2D eigenvalue weighted by atomic mass is 19.3. The van der Waals surface area contributed by atoms with Gasteiger partial charge in [0.25, 0.3) is 18.2 Å². The summed E-state index contributed by atoms with van der Waals surface area (Å²) in [6, 6.07) is 4.28. The molecule has 0 aromatic heterocycles. The van der Waals surface area contributed by atoms with E-state index >= 15 is 0 Å². The van der Waals surface area contributed by atoms with Crippen LogP contribution in [0.3, 0.4) is 0 Å². The Morgan fingerprint density at radius 2 is 2.25 bits per heavy atom. The number of anilines is 1. The first-order valence-corrected chi connectivity index (χ1v) is 5.78. The second kappa shape index (κ2) is 5.83. The number of ether oxygens (including phenoxy) is 1. The third-order valence-electron chi connectivity index (χ3n) is 2.64. The van der Waals surface area contributed by atoms with Crippen LogP contribution in [0.15, 0.2) is 18.2 Å². The monoisotopic (exact) mass is 286 g/mol. The molecular formula is C12H12F2N2O4. The van der Waals surface area contributed by atoms with Crippen molar-refractivity contribution in [2.75, 3.05) is 18.5 Å². The van der Waals surface area contributed by atoms with Gasteiger partial charge >= 0.3 is 0 Å². The maximum absolute atomic E-state index is 12.1. The Bertz CT molecular complexity index is 536. The first-order valence-electron chi connectivity index (χ1n) is 5.78. The number of aliphatic hydroxyl groups is 1. The third kappa shape index (κ3) is 3.21. The maximum atomic E-state index is 12.1. The zero-order chi connectivity index (χ0) is 14.7. The Labute approximate surface area is 112 Å². The highest BCUT2D eigenvalue weighted by molar-refractivity contribution is 5.98. The Morgan fingerprint density at radius 3 is 2.95 bits per heavy atom. The van der Waals surface area contributed by atoms with Gasteiger partial charge in [0.05, 0.1) is 5.69 Å². The predicted octanol–water partition coefficient (Wildman–Crippen LogP) is 0.373. The lowest BCUT2D eigenvalue weighted by Crippen LogP contribution is -2.36. The minimum atomic E-state index is -2.92. The normalized spacial score (nSPS) is 15.1. The number of benzene rings is 1. The van der Waals surface area contributed by atoms with Gasteiger partial charge in [0.15, 0.2) is 6.61 Å². The van der Waals surface area contributed by atoms with Crippen molar-refractivity contribution in [2.45, 2.75) is 12.5 Å². The molecule has 8 heteroatoms. The molecule has 1 aliphatic heterocycles. The van der Waals surface area contributed by atoms with E-state index in [1.54, 1.807) is 0 Å². The number of hydrogen-bond acceptors (Lipinski definition) is 4. The Hall–Kier alpha value is -2.22. The number of alkyl halides is 2. The summed E-state index contributed by atoms with van der Waals surface area (Å²) in [4.78, 5) is 22.8. The average Bonchev–Trinajstić information content (AvgIpc) is 2.43. The average molecular weight is 286 g/mol. The van der Waals surface area contributed by atoms with Crippen molar-refractivity contribution in [2.24, 2.45) is 0 Å². The molecule has 1 aromatic rings. The number of halogens is 2. The van der Waals surface area contributed by atoms with Gasteiger partial charge in [-0.05, 0) is 18.2 Å². The van der Waals surface area contributed by atoms with Crippen LogP contribution in [0.2, 0.25) is 0 Å². The van der Waals surface area contributed by atoms with Crippen LogP contribution in [0, 0.1) is 0 Å². The summed E-state index contributed by atoms with van der Waals surface area (Å²) in [6.07, 6.45) is -4.83. The molecule has 1 unspecified atom stereocenters. The fourth-order valence-electron chi connectivity index (χ4n) is 1.60. The van der Waals surface area contributed by atoms with Crippen molar-refractivity contribution in [1.29, 1.82) is 0 Å². The van der Waals surface area contributed by atoms with Crippen LogP contribution in [0.25, 0.3) is 0 Å². The van der Waals surface area contributed by atoms with Crippen LogP contribution in [0.5, 0.6) is 5.75 Å². The van der Waals surface area contributed by atoms with Gasteiger partial charge in [0.2, 0.25) is 0 Å². The van der Waals surface area contributed by atoms with Gasteiger partial charge in [0, 0.05) is 12.1 Å². The summed E-state index contributed by atoms with van der Waals surface area (Å²) in [7, 11) is 0. The predicted molar refractivity (Wildman–Crippen MR) is 64.9 cm³/mol. The largest absolute Gasteiger partial charge is 0.482 e. The molecule has 0 fully saturated rings. The molecular weight excluding hydrogens is 274 g/mol. The second-order valence-electron chi connectivity index (χ2n) is 4.16.